The highest BCUT2D eigenvalue weighted by atomic mass is 16.5. The van der Waals surface area contributed by atoms with Gasteiger partial charge in [-0.3, -0.25) is 0 Å². The van der Waals surface area contributed by atoms with Crippen LogP contribution in [0.3, 0.4) is 0 Å². The van der Waals surface area contributed by atoms with Gasteiger partial charge in [0.15, 0.2) is 11.6 Å². The number of aromatic nitrogens is 4. The summed E-state index contributed by atoms with van der Waals surface area (Å²) in [5, 5.41) is 0. The van der Waals surface area contributed by atoms with Crippen LogP contribution in [0.5, 0.6) is 0 Å². The first kappa shape index (κ1) is 21.8. The molecule has 0 amide bonds. The van der Waals surface area contributed by atoms with Gasteiger partial charge in [0.05, 0.1) is 23.3 Å². The second kappa shape index (κ2) is 9.43. The van der Waals surface area contributed by atoms with E-state index in [9.17, 15) is 4.79 Å². The molecule has 1 saturated heterocycles. The van der Waals surface area contributed by atoms with Gasteiger partial charge in [-0.05, 0) is 26.0 Å². The topological polar surface area (TPSA) is 84.3 Å². The number of aryl methyl sites for hydroxylation is 1. The van der Waals surface area contributed by atoms with Crippen molar-refractivity contribution >= 4 is 28.6 Å². The number of nitrogens with zero attached hydrogens (tertiary/aromatic N) is 6. The second-order valence-corrected chi connectivity index (χ2v) is 8.11. The summed E-state index contributed by atoms with van der Waals surface area (Å²) in [6, 6.07) is 17.7. The maximum atomic E-state index is 12.7. The van der Waals surface area contributed by atoms with Crippen LogP contribution in [-0.4, -0.2) is 58.7 Å². The number of hydrogen-bond acceptors (Lipinski definition) is 8. The molecule has 0 saturated carbocycles. The van der Waals surface area contributed by atoms with Gasteiger partial charge >= 0.3 is 5.97 Å². The lowest BCUT2D eigenvalue weighted by Gasteiger charge is -2.37. The van der Waals surface area contributed by atoms with E-state index in [-0.39, 0.29) is 0 Å². The molecule has 0 unspecified atom stereocenters. The molecule has 3 heterocycles. The van der Waals surface area contributed by atoms with Crippen molar-refractivity contribution in [1.29, 1.82) is 0 Å². The Hall–Kier alpha value is -4.07. The highest BCUT2D eigenvalue weighted by molar-refractivity contribution is 5.95. The minimum Gasteiger partial charge on any atom is -0.462 e. The van der Waals surface area contributed by atoms with Crippen molar-refractivity contribution in [3.05, 3.63) is 72.1 Å². The lowest BCUT2D eigenvalue weighted by molar-refractivity contribution is 0.0526. The number of piperazine rings is 1. The Balaban J connectivity index is 1.42. The zero-order chi connectivity index (χ0) is 23.5. The highest BCUT2D eigenvalue weighted by Gasteiger charge is 2.26. The molecular weight excluding hydrogens is 428 g/mol. The van der Waals surface area contributed by atoms with Crippen molar-refractivity contribution in [1.82, 2.24) is 19.9 Å². The van der Waals surface area contributed by atoms with E-state index >= 15 is 0 Å². The monoisotopic (exact) mass is 454 g/mol. The third-order valence-corrected chi connectivity index (χ3v) is 5.89. The molecule has 5 rings (SSSR count). The zero-order valence-electron chi connectivity index (χ0n) is 19.3. The number of para-hydroxylation sites is 2. The lowest BCUT2D eigenvalue weighted by Crippen LogP contribution is -2.48. The fourth-order valence-corrected chi connectivity index (χ4v) is 4.20. The van der Waals surface area contributed by atoms with E-state index in [1.807, 2.05) is 61.5 Å². The largest absolute Gasteiger partial charge is 0.462 e. The Morgan fingerprint density at radius 2 is 1.47 bits per heavy atom. The van der Waals surface area contributed by atoms with Crippen LogP contribution in [0.4, 0.5) is 11.6 Å². The summed E-state index contributed by atoms with van der Waals surface area (Å²) in [7, 11) is 0. The number of anilines is 2. The molecule has 1 fully saturated rings. The number of fused-ring (bicyclic) bond motifs is 1. The first-order valence-electron chi connectivity index (χ1n) is 11.5. The molecule has 8 nitrogen and oxygen atoms in total. The number of ether oxygens (including phenoxy) is 1. The fraction of sp³-hybridized carbons (Fsp3) is 0.269. The van der Waals surface area contributed by atoms with Crippen LogP contribution in [0.1, 0.15) is 23.0 Å². The van der Waals surface area contributed by atoms with Gasteiger partial charge in [-0.25, -0.2) is 24.7 Å². The Bertz CT molecular complexity index is 1320. The minimum atomic E-state index is -0.407. The van der Waals surface area contributed by atoms with Crippen molar-refractivity contribution < 1.29 is 9.53 Å². The number of carbonyl (C=O) groups excluding carboxylic acids is 1. The Morgan fingerprint density at radius 3 is 2.15 bits per heavy atom. The highest BCUT2D eigenvalue weighted by Crippen LogP contribution is 2.26. The molecule has 0 atom stereocenters. The van der Waals surface area contributed by atoms with Gasteiger partial charge in [-0.15, -0.1) is 0 Å². The van der Waals surface area contributed by atoms with E-state index < -0.39 is 5.97 Å². The number of benzene rings is 2. The van der Waals surface area contributed by atoms with E-state index in [2.05, 4.69) is 14.8 Å². The van der Waals surface area contributed by atoms with Crippen molar-refractivity contribution in [2.45, 2.75) is 13.8 Å². The Morgan fingerprint density at radius 1 is 0.853 bits per heavy atom. The third kappa shape index (κ3) is 4.26. The average Bonchev–Trinajstić information content (AvgIpc) is 2.89. The number of esters is 1. The standard InChI is InChI=1S/C26H26N6O2/c1-3-34-26(33)20-17-27-23(19-9-5-4-6-10-19)30-25(20)32-15-13-31(14-16-32)24-18(2)28-21-11-7-8-12-22(21)29-24/h4-12,17H,3,13-16H2,1-2H3. The summed E-state index contributed by atoms with van der Waals surface area (Å²) in [5.41, 5.74) is 3.98. The Labute approximate surface area is 198 Å². The fourth-order valence-electron chi connectivity index (χ4n) is 4.20. The summed E-state index contributed by atoms with van der Waals surface area (Å²) < 4.78 is 5.28. The lowest BCUT2D eigenvalue weighted by atomic mass is 10.2. The molecule has 4 aromatic rings. The average molecular weight is 455 g/mol. The summed E-state index contributed by atoms with van der Waals surface area (Å²) in [6.45, 7) is 6.93. The predicted molar refractivity (Wildman–Crippen MR) is 132 cm³/mol. The van der Waals surface area contributed by atoms with Crippen LogP contribution < -0.4 is 9.80 Å². The summed E-state index contributed by atoms with van der Waals surface area (Å²) in [5.74, 6) is 1.68. The molecule has 0 bridgehead atoms. The zero-order valence-corrected chi connectivity index (χ0v) is 19.3. The molecular formula is C26H26N6O2. The van der Waals surface area contributed by atoms with Crippen molar-refractivity contribution in [3.8, 4) is 11.4 Å². The summed E-state index contributed by atoms with van der Waals surface area (Å²) in [4.78, 5) is 35.9. The minimum absolute atomic E-state index is 0.298. The second-order valence-electron chi connectivity index (χ2n) is 8.11. The molecule has 2 aromatic carbocycles. The molecule has 2 aromatic heterocycles. The van der Waals surface area contributed by atoms with Crippen molar-refractivity contribution in [2.24, 2.45) is 0 Å². The molecule has 0 N–H and O–H groups in total. The number of hydrogen-bond donors (Lipinski definition) is 0. The maximum Gasteiger partial charge on any atom is 0.343 e. The van der Waals surface area contributed by atoms with Crippen LogP contribution >= 0.6 is 0 Å². The van der Waals surface area contributed by atoms with Gasteiger partial charge in [-0.2, -0.15) is 0 Å². The first-order valence-corrected chi connectivity index (χ1v) is 11.5. The molecule has 0 aliphatic carbocycles. The molecule has 172 valence electrons. The molecule has 1 aliphatic heterocycles. The van der Waals surface area contributed by atoms with Gasteiger partial charge in [0.1, 0.15) is 11.4 Å². The van der Waals surface area contributed by atoms with Gasteiger partial charge in [0.2, 0.25) is 0 Å². The van der Waals surface area contributed by atoms with Crippen molar-refractivity contribution in [3.63, 3.8) is 0 Å². The van der Waals surface area contributed by atoms with Crippen molar-refractivity contribution in [2.75, 3.05) is 42.6 Å². The van der Waals surface area contributed by atoms with E-state index in [1.165, 1.54) is 0 Å². The van der Waals surface area contributed by atoms with E-state index in [0.29, 0.717) is 36.9 Å². The number of carbonyl (C=O) groups is 1. The van der Waals surface area contributed by atoms with Gasteiger partial charge in [-0.1, -0.05) is 42.5 Å². The van der Waals surface area contributed by atoms with E-state index in [4.69, 9.17) is 19.7 Å². The molecule has 34 heavy (non-hydrogen) atoms. The third-order valence-electron chi connectivity index (χ3n) is 5.89. The van der Waals surface area contributed by atoms with Crippen LogP contribution in [0.15, 0.2) is 60.8 Å². The summed E-state index contributed by atoms with van der Waals surface area (Å²) in [6.07, 6.45) is 1.58. The summed E-state index contributed by atoms with van der Waals surface area (Å²) >= 11 is 0. The maximum absolute atomic E-state index is 12.7. The normalized spacial score (nSPS) is 13.8. The van der Waals surface area contributed by atoms with Gasteiger partial charge in [0, 0.05) is 37.9 Å². The predicted octanol–water partition coefficient (Wildman–Crippen LogP) is 3.90. The Kier molecular flexibility index (Phi) is 6.03. The van der Waals surface area contributed by atoms with E-state index in [1.54, 1.807) is 13.1 Å². The number of rotatable bonds is 5. The SMILES string of the molecule is CCOC(=O)c1cnc(-c2ccccc2)nc1N1CCN(c2nc3ccccc3nc2C)CC1. The first-order chi connectivity index (χ1) is 16.6. The van der Waals surface area contributed by atoms with Crippen LogP contribution in [-0.2, 0) is 4.74 Å². The van der Waals surface area contributed by atoms with Crippen LogP contribution in [0.25, 0.3) is 22.4 Å². The molecule has 0 radical (unpaired) electrons. The smallest absolute Gasteiger partial charge is 0.343 e. The van der Waals surface area contributed by atoms with Crippen LogP contribution in [0.2, 0.25) is 0 Å². The molecule has 0 spiro atoms. The van der Waals surface area contributed by atoms with Gasteiger partial charge in [0.25, 0.3) is 0 Å². The van der Waals surface area contributed by atoms with E-state index in [0.717, 1.165) is 41.2 Å². The molecule has 1 aliphatic rings. The molecule has 8 heteroatoms. The van der Waals surface area contributed by atoms with Crippen LogP contribution in [0, 0.1) is 6.92 Å². The quantitative estimate of drug-likeness (QED) is 0.420. The van der Waals surface area contributed by atoms with Gasteiger partial charge < -0.3 is 14.5 Å².